The van der Waals surface area contributed by atoms with Crippen LogP contribution in [0.2, 0.25) is 0 Å². The molecule has 1 rings (SSSR count). The van der Waals surface area contributed by atoms with Crippen LogP contribution in [0.5, 0.6) is 0 Å². The number of allylic oxidation sites excluding steroid dienone is 1. The molecule has 0 N–H and O–H groups in total. The molecular formula is C13H16O. The molecule has 1 nitrogen and oxygen atoms in total. The van der Waals surface area contributed by atoms with Crippen molar-refractivity contribution in [1.29, 1.82) is 0 Å². The van der Waals surface area contributed by atoms with Gasteiger partial charge in [-0.1, -0.05) is 37.6 Å². The number of carbonyl (C=O) groups is 1. The molecule has 1 heteroatoms. The number of aryl methyl sites for hydroxylation is 1. The molecule has 0 aliphatic rings. The summed E-state index contributed by atoms with van der Waals surface area (Å²) >= 11 is 0. The van der Waals surface area contributed by atoms with Crippen molar-refractivity contribution < 1.29 is 4.79 Å². The van der Waals surface area contributed by atoms with E-state index >= 15 is 0 Å². The van der Waals surface area contributed by atoms with Gasteiger partial charge in [-0.3, -0.25) is 4.79 Å². The minimum absolute atomic E-state index is 0.782. The zero-order chi connectivity index (χ0) is 10.4. The second-order valence-electron chi connectivity index (χ2n) is 3.35. The van der Waals surface area contributed by atoms with Crippen LogP contribution in [0.3, 0.4) is 0 Å². The Labute approximate surface area is 85.5 Å². The van der Waals surface area contributed by atoms with Gasteiger partial charge in [0.05, 0.1) is 0 Å². The third kappa shape index (κ3) is 2.32. The van der Waals surface area contributed by atoms with E-state index in [9.17, 15) is 4.79 Å². The minimum atomic E-state index is 0.782. The monoisotopic (exact) mass is 188 g/mol. The Balaban J connectivity index is 3.12. The minimum Gasteiger partial charge on any atom is -0.298 e. The predicted octanol–water partition coefficient (Wildman–Crippen LogP) is 3.18. The highest BCUT2D eigenvalue weighted by atomic mass is 16.1. The maximum Gasteiger partial charge on any atom is 0.150 e. The van der Waals surface area contributed by atoms with Crippen LogP contribution in [0.15, 0.2) is 30.9 Å². The van der Waals surface area contributed by atoms with Crippen LogP contribution in [-0.2, 0) is 12.8 Å². The van der Waals surface area contributed by atoms with Crippen LogP contribution in [-0.4, -0.2) is 6.29 Å². The average Bonchev–Trinajstić information content (AvgIpc) is 2.21. The summed E-state index contributed by atoms with van der Waals surface area (Å²) in [5.74, 6) is 0. The van der Waals surface area contributed by atoms with Crippen molar-refractivity contribution in [2.24, 2.45) is 0 Å². The van der Waals surface area contributed by atoms with Gasteiger partial charge in [0.1, 0.15) is 6.29 Å². The highest BCUT2D eigenvalue weighted by Crippen LogP contribution is 2.16. The fourth-order valence-corrected chi connectivity index (χ4v) is 1.66. The largest absolute Gasteiger partial charge is 0.298 e. The molecule has 0 saturated carbocycles. The molecular weight excluding hydrogens is 172 g/mol. The second-order valence-corrected chi connectivity index (χ2v) is 3.35. The van der Waals surface area contributed by atoms with Crippen LogP contribution in [0.1, 0.15) is 34.8 Å². The number of benzene rings is 1. The van der Waals surface area contributed by atoms with Crippen LogP contribution in [0, 0.1) is 0 Å². The summed E-state index contributed by atoms with van der Waals surface area (Å²) in [7, 11) is 0. The van der Waals surface area contributed by atoms with Crippen LogP contribution in [0.25, 0.3) is 0 Å². The Morgan fingerprint density at radius 1 is 1.43 bits per heavy atom. The van der Waals surface area contributed by atoms with Gasteiger partial charge in [-0.15, -0.1) is 6.58 Å². The first-order valence-electron chi connectivity index (χ1n) is 5.00. The molecule has 0 aliphatic heterocycles. The number of hydrogen-bond donors (Lipinski definition) is 0. The fourth-order valence-electron chi connectivity index (χ4n) is 1.66. The van der Waals surface area contributed by atoms with Crippen molar-refractivity contribution in [2.75, 3.05) is 0 Å². The molecule has 0 radical (unpaired) electrons. The molecule has 0 aromatic heterocycles. The third-order valence-electron chi connectivity index (χ3n) is 2.30. The summed E-state index contributed by atoms with van der Waals surface area (Å²) in [6, 6.07) is 5.90. The molecule has 0 aliphatic carbocycles. The lowest BCUT2D eigenvalue weighted by Crippen LogP contribution is -1.98. The summed E-state index contributed by atoms with van der Waals surface area (Å²) in [5, 5.41) is 0. The molecule has 0 saturated heterocycles. The van der Waals surface area contributed by atoms with Gasteiger partial charge < -0.3 is 0 Å². The Morgan fingerprint density at radius 2 is 2.21 bits per heavy atom. The standard InChI is InChI=1S/C13H16O/c1-3-6-11-8-5-9-12(10-14)13(11)7-4-2/h4-5,8-10H,2-3,6-7H2,1H3. The van der Waals surface area contributed by atoms with E-state index in [1.54, 1.807) is 0 Å². The molecule has 0 unspecified atom stereocenters. The molecule has 0 atom stereocenters. The molecule has 0 spiro atoms. The fraction of sp³-hybridized carbons (Fsp3) is 0.308. The Morgan fingerprint density at radius 3 is 2.79 bits per heavy atom. The topological polar surface area (TPSA) is 17.1 Å². The molecule has 1 aromatic carbocycles. The van der Waals surface area contributed by atoms with Gasteiger partial charge >= 0.3 is 0 Å². The molecule has 74 valence electrons. The highest BCUT2D eigenvalue weighted by Gasteiger charge is 2.04. The Hall–Kier alpha value is -1.37. The first-order chi connectivity index (χ1) is 6.83. The maximum absolute atomic E-state index is 10.8. The van der Waals surface area contributed by atoms with Crippen LogP contribution < -0.4 is 0 Å². The van der Waals surface area contributed by atoms with Gasteiger partial charge in [-0.25, -0.2) is 0 Å². The van der Waals surface area contributed by atoms with Gasteiger partial charge in [0.15, 0.2) is 0 Å². The number of hydrogen-bond acceptors (Lipinski definition) is 1. The SMILES string of the molecule is C=CCc1c(C=O)cccc1CCC. The molecule has 0 bridgehead atoms. The normalized spacial score (nSPS) is 9.79. The zero-order valence-corrected chi connectivity index (χ0v) is 8.62. The van der Waals surface area contributed by atoms with Crippen molar-refractivity contribution in [1.82, 2.24) is 0 Å². The first kappa shape index (κ1) is 10.7. The summed E-state index contributed by atoms with van der Waals surface area (Å²) in [4.78, 5) is 10.8. The number of rotatable bonds is 5. The van der Waals surface area contributed by atoms with Gasteiger partial charge in [0.2, 0.25) is 0 Å². The maximum atomic E-state index is 10.8. The van der Waals surface area contributed by atoms with E-state index in [1.807, 2.05) is 18.2 Å². The Kier molecular flexibility index (Phi) is 4.11. The zero-order valence-electron chi connectivity index (χ0n) is 8.62. The summed E-state index contributed by atoms with van der Waals surface area (Å²) in [5.41, 5.74) is 3.22. The van der Waals surface area contributed by atoms with E-state index in [-0.39, 0.29) is 0 Å². The average molecular weight is 188 g/mol. The lowest BCUT2D eigenvalue weighted by molar-refractivity contribution is 0.112. The molecule has 14 heavy (non-hydrogen) atoms. The van der Waals surface area contributed by atoms with E-state index in [1.165, 1.54) is 5.56 Å². The highest BCUT2D eigenvalue weighted by molar-refractivity contribution is 5.78. The third-order valence-corrected chi connectivity index (χ3v) is 2.30. The number of aldehydes is 1. The lowest BCUT2D eigenvalue weighted by Gasteiger charge is -2.08. The summed E-state index contributed by atoms with van der Waals surface area (Å²) < 4.78 is 0. The van der Waals surface area contributed by atoms with Gasteiger partial charge in [-0.05, 0) is 24.0 Å². The van der Waals surface area contributed by atoms with E-state index in [0.717, 1.165) is 36.7 Å². The predicted molar refractivity (Wildman–Crippen MR) is 59.7 cm³/mol. The molecule has 0 amide bonds. The number of carbonyl (C=O) groups excluding carboxylic acids is 1. The molecule has 0 fully saturated rings. The van der Waals surface area contributed by atoms with Gasteiger partial charge in [0, 0.05) is 5.56 Å². The van der Waals surface area contributed by atoms with Gasteiger partial charge in [-0.2, -0.15) is 0 Å². The summed E-state index contributed by atoms with van der Waals surface area (Å²) in [6.45, 7) is 5.86. The molecule has 0 heterocycles. The van der Waals surface area contributed by atoms with Crippen molar-refractivity contribution in [3.05, 3.63) is 47.5 Å². The van der Waals surface area contributed by atoms with Crippen LogP contribution in [0.4, 0.5) is 0 Å². The van der Waals surface area contributed by atoms with Crippen molar-refractivity contribution in [3.8, 4) is 0 Å². The molecule has 1 aromatic rings. The van der Waals surface area contributed by atoms with E-state index in [0.29, 0.717) is 0 Å². The van der Waals surface area contributed by atoms with E-state index in [4.69, 9.17) is 0 Å². The van der Waals surface area contributed by atoms with E-state index < -0.39 is 0 Å². The lowest BCUT2D eigenvalue weighted by atomic mass is 9.96. The smallest absolute Gasteiger partial charge is 0.150 e. The summed E-state index contributed by atoms with van der Waals surface area (Å²) in [6.07, 6.45) is 5.70. The van der Waals surface area contributed by atoms with Crippen molar-refractivity contribution >= 4 is 6.29 Å². The van der Waals surface area contributed by atoms with Crippen molar-refractivity contribution in [3.63, 3.8) is 0 Å². The first-order valence-corrected chi connectivity index (χ1v) is 5.00. The van der Waals surface area contributed by atoms with E-state index in [2.05, 4.69) is 19.6 Å². The second kappa shape index (κ2) is 5.38. The van der Waals surface area contributed by atoms with Gasteiger partial charge in [0.25, 0.3) is 0 Å². The Bertz CT molecular complexity index is 326. The quantitative estimate of drug-likeness (QED) is 0.512. The van der Waals surface area contributed by atoms with Crippen LogP contribution >= 0.6 is 0 Å². The van der Waals surface area contributed by atoms with Crippen molar-refractivity contribution in [2.45, 2.75) is 26.2 Å².